The molecule has 0 amide bonds. The second kappa shape index (κ2) is 4.96. The molecule has 0 aliphatic rings. The number of aromatic nitrogens is 2. The Balaban J connectivity index is 2.48. The highest BCUT2D eigenvalue weighted by molar-refractivity contribution is 7.71. The summed E-state index contributed by atoms with van der Waals surface area (Å²) in [4.78, 5) is 3.04. The molecular weight excluding hydrogens is 263 g/mol. The van der Waals surface area contributed by atoms with Crippen molar-refractivity contribution in [3.8, 4) is 5.75 Å². The highest BCUT2D eigenvalue weighted by atomic mass is 32.1. The summed E-state index contributed by atoms with van der Waals surface area (Å²) < 4.78 is 21.3. The van der Waals surface area contributed by atoms with Crippen molar-refractivity contribution in [1.82, 2.24) is 9.55 Å². The summed E-state index contributed by atoms with van der Waals surface area (Å²) in [6.07, 6.45) is 0.994. The summed E-state index contributed by atoms with van der Waals surface area (Å²) in [5, 5.41) is 0. The van der Waals surface area contributed by atoms with Gasteiger partial charge in [0, 0.05) is 18.7 Å². The standard InChI is InChI=1S/C14H19FN2OS/c1-14(2,3)5-6-17-11-8-12(18-4)9(15)7-10(11)16-13(17)19/h7-8H,5-6H2,1-4H3,(H,16,19). The molecule has 1 N–H and O–H groups in total. The number of rotatable bonds is 3. The fraction of sp³-hybridized carbons (Fsp3) is 0.500. The van der Waals surface area contributed by atoms with Gasteiger partial charge in [-0.25, -0.2) is 4.39 Å². The summed E-state index contributed by atoms with van der Waals surface area (Å²) in [6, 6.07) is 3.12. The van der Waals surface area contributed by atoms with E-state index in [4.69, 9.17) is 17.0 Å². The van der Waals surface area contributed by atoms with Gasteiger partial charge >= 0.3 is 0 Å². The van der Waals surface area contributed by atoms with Crippen LogP contribution in [0.5, 0.6) is 5.75 Å². The smallest absolute Gasteiger partial charge is 0.178 e. The predicted octanol–water partition coefficient (Wildman–Crippen LogP) is 4.28. The Morgan fingerprint density at radius 2 is 2.05 bits per heavy atom. The van der Waals surface area contributed by atoms with Gasteiger partial charge in [-0.3, -0.25) is 0 Å². The van der Waals surface area contributed by atoms with E-state index in [1.807, 2.05) is 4.57 Å². The average molecular weight is 282 g/mol. The first-order valence-electron chi connectivity index (χ1n) is 6.28. The lowest BCUT2D eigenvalue weighted by Crippen LogP contribution is -2.10. The molecule has 3 nitrogen and oxygen atoms in total. The van der Waals surface area contributed by atoms with Crippen LogP contribution in [0.15, 0.2) is 12.1 Å². The maximum atomic E-state index is 13.6. The zero-order valence-corrected chi connectivity index (χ0v) is 12.5. The largest absolute Gasteiger partial charge is 0.494 e. The van der Waals surface area contributed by atoms with Crippen molar-refractivity contribution >= 4 is 23.3 Å². The van der Waals surface area contributed by atoms with E-state index < -0.39 is 0 Å². The van der Waals surface area contributed by atoms with E-state index >= 15 is 0 Å². The number of benzene rings is 1. The summed E-state index contributed by atoms with van der Waals surface area (Å²) >= 11 is 5.31. The van der Waals surface area contributed by atoms with Crippen LogP contribution in [0.1, 0.15) is 27.2 Å². The van der Waals surface area contributed by atoms with E-state index in [0.717, 1.165) is 18.5 Å². The number of aromatic amines is 1. The van der Waals surface area contributed by atoms with Crippen LogP contribution in [0.2, 0.25) is 0 Å². The van der Waals surface area contributed by atoms with Crippen molar-refractivity contribution in [2.75, 3.05) is 7.11 Å². The van der Waals surface area contributed by atoms with Gasteiger partial charge < -0.3 is 14.3 Å². The number of aryl methyl sites for hydroxylation is 1. The van der Waals surface area contributed by atoms with Gasteiger partial charge in [0.05, 0.1) is 18.1 Å². The van der Waals surface area contributed by atoms with Crippen LogP contribution in [0.4, 0.5) is 4.39 Å². The Hall–Kier alpha value is -1.36. The molecule has 104 valence electrons. The normalized spacial score (nSPS) is 12.1. The summed E-state index contributed by atoms with van der Waals surface area (Å²) in [5.41, 5.74) is 1.81. The molecule has 2 aromatic rings. The fourth-order valence-corrected chi connectivity index (χ4v) is 2.28. The summed E-state index contributed by atoms with van der Waals surface area (Å²) in [5.74, 6) is -0.139. The molecule has 0 unspecified atom stereocenters. The number of imidazole rings is 1. The van der Waals surface area contributed by atoms with Crippen molar-refractivity contribution in [3.63, 3.8) is 0 Å². The number of H-pyrrole nitrogens is 1. The SMILES string of the molecule is COc1cc2c(cc1F)[nH]c(=S)n2CCC(C)(C)C. The van der Waals surface area contributed by atoms with Crippen LogP contribution >= 0.6 is 12.2 Å². The minimum Gasteiger partial charge on any atom is -0.494 e. The Morgan fingerprint density at radius 3 is 2.63 bits per heavy atom. The molecule has 0 bridgehead atoms. The molecule has 0 aliphatic heterocycles. The van der Waals surface area contributed by atoms with Crippen LogP contribution in [0.3, 0.4) is 0 Å². The maximum Gasteiger partial charge on any atom is 0.178 e. The average Bonchev–Trinajstić information content (AvgIpc) is 2.59. The molecule has 0 saturated heterocycles. The van der Waals surface area contributed by atoms with Crippen LogP contribution in [0.25, 0.3) is 11.0 Å². The number of nitrogens with one attached hydrogen (secondary N) is 1. The van der Waals surface area contributed by atoms with Crippen LogP contribution in [-0.2, 0) is 6.54 Å². The minimum absolute atomic E-state index is 0.225. The molecule has 19 heavy (non-hydrogen) atoms. The first-order chi connectivity index (χ1) is 8.81. The van der Waals surface area contributed by atoms with E-state index in [9.17, 15) is 4.39 Å². The molecule has 0 radical (unpaired) electrons. The molecule has 0 atom stereocenters. The molecule has 5 heteroatoms. The zero-order chi connectivity index (χ0) is 14.2. The van der Waals surface area contributed by atoms with Gasteiger partial charge in [-0.05, 0) is 24.1 Å². The van der Waals surface area contributed by atoms with Crippen molar-refractivity contribution in [2.24, 2.45) is 5.41 Å². The lowest BCUT2D eigenvalue weighted by atomic mass is 9.92. The highest BCUT2D eigenvalue weighted by Gasteiger charge is 2.14. The topological polar surface area (TPSA) is 29.9 Å². The number of hydrogen-bond donors (Lipinski definition) is 1. The fourth-order valence-electron chi connectivity index (χ4n) is 1.98. The summed E-state index contributed by atoms with van der Waals surface area (Å²) in [6.45, 7) is 7.36. The minimum atomic E-state index is -0.380. The molecule has 0 spiro atoms. The van der Waals surface area contributed by atoms with E-state index in [1.165, 1.54) is 13.2 Å². The Kier molecular flexibility index (Phi) is 3.67. The van der Waals surface area contributed by atoms with E-state index in [1.54, 1.807) is 6.07 Å². The van der Waals surface area contributed by atoms with Gasteiger partial charge in [0.1, 0.15) is 0 Å². The number of hydrogen-bond acceptors (Lipinski definition) is 2. The molecule has 1 heterocycles. The second-order valence-electron chi connectivity index (χ2n) is 5.90. The molecule has 2 rings (SSSR count). The highest BCUT2D eigenvalue weighted by Crippen LogP contribution is 2.26. The zero-order valence-electron chi connectivity index (χ0n) is 11.7. The number of ether oxygens (including phenoxy) is 1. The van der Waals surface area contributed by atoms with Gasteiger partial charge in [-0.2, -0.15) is 0 Å². The van der Waals surface area contributed by atoms with Crippen molar-refractivity contribution in [2.45, 2.75) is 33.7 Å². The van der Waals surface area contributed by atoms with Crippen molar-refractivity contribution < 1.29 is 9.13 Å². The first kappa shape index (κ1) is 14.1. The van der Waals surface area contributed by atoms with E-state index in [2.05, 4.69) is 25.8 Å². The second-order valence-corrected chi connectivity index (χ2v) is 6.28. The van der Waals surface area contributed by atoms with Crippen LogP contribution in [-0.4, -0.2) is 16.7 Å². The number of halogens is 1. The number of fused-ring (bicyclic) bond motifs is 1. The van der Waals surface area contributed by atoms with E-state index in [-0.39, 0.29) is 17.0 Å². The Labute approximate surface area is 117 Å². The quantitative estimate of drug-likeness (QED) is 0.851. The number of nitrogens with zero attached hydrogens (tertiary/aromatic N) is 1. The van der Waals surface area contributed by atoms with Gasteiger partial charge in [0.2, 0.25) is 0 Å². The third kappa shape index (κ3) is 2.97. The number of methoxy groups -OCH3 is 1. The first-order valence-corrected chi connectivity index (χ1v) is 6.69. The third-order valence-electron chi connectivity index (χ3n) is 3.13. The summed E-state index contributed by atoms with van der Waals surface area (Å²) in [7, 11) is 1.46. The monoisotopic (exact) mass is 282 g/mol. The third-order valence-corrected chi connectivity index (χ3v) is 3.46. The molecule has 0 aliphatic carbocycles. The van der Waals surface area contributed by atoms with Gasteiger partial charge in [0.15, 0.2) is 16.3 Å². The van der Waals surface area contributed by atoms with Gasteiger partial charge in [0.25, 0.3) is 0 Å². The molecule has 1 aromatic carbocycles. The van der Waals surface area contributed by atoms with Crippen molar-refractivity contribution in [3.05, 3.63) is 22.7 Å². The predicted molar refractivity (Wildman–Crippen MR) is 77.7 cm³/mol. The lowest BCUT2D eigenvalue weighted by Gasteiger charge is -2.18. The molecular formula is C14H19FN2OS. The maximum absolute atomic E-state index is 13.6. The Morgan fingerprint density at radius 1 is 1.37 bits per heavy atom. The molecule has 0 saturated carbocycles. The van der Waals surface area contributed by atoms with Crippen LogP contribution in [0, 0.1) is 16.0 Å². The van der Waals surface area contributed by atoms with Gasteiger partial charge in [-0.1, -0.05) is 20.8 Å². The van der Waals surface area contributed by atoms with E-state index in [0.29, 0.717) is 10.3 Å². The van der Waals surface area contributed by atoms with Crippen molar-refractivity contribution in [1.29, 1.82) is 0 Å². The van der Waals surface area contributed by atoms with Crippen LogP contribution < -0.4 is 4.74 Å². The molecule has 0 fully saturated rings. The Bertz CT molecular complexity index is 652. The lowest BCUT2D eigenvalue weighted by molar-refractivity contribution is 0.351. The van der Waals surface area contributed by atoms with Gasteiger partial charge in [-0.15, -0.1) is 0 Å². The molecule has 1 aromatic heterocycles.